The highest BCUT2D eigenvalue weighted by atomic mass is 16.5. The van der Waals surface area contributed by atoms with Crippen molar-refractivity contribution in [3.05, 3.63) is 35.4 Å². The standard InChI is InChI=1S/C18H24N2O4/c1-23-7-5-12-14(6-8-24-2)18(20)15(10-16(12)19)13-4-3-11(21)9-17(13)22/h3-4,9-10,21-22H,5-8,19-20H2,1-2H3. The van der Waals surface area contributed by atoms with Gasteiger partial charge in [0.15, 0.2) is 0 Å². The second kappa shape index (κ2) is 7.90. The van der Waals surface area contributed by atoms with Crippen LogP contribution in [0.2, 0.25) is 0 Å². The minimum absolute atomic E-state index is 0.0147. The highest BCUT2D eigenvalue weighted by molar-refractivity contribution is 5.86. The van der Waals surface area contributed by atoms with Gasteiger partial charge >= 0.3 is 0 Å². The van der Waals surface area contributed by atoms with Gasteiger partial charge in [0.25, 0.3) is 0 Å². The molecule has 0 aliphatic heterocycles. The third-order valence-electron chi connectivity index (χ3n) is 4.01. The number of methoxy groups -OCH3 is 2. The zero-order valence-corrected chi connectivity index (χ0v) is 14.0. The van der Waals surface area contributed by atoms with Crippen LogP contribution >= 0.6 is 0 Å². The summed E-state index contributed by atoms with van der Waals surface area (Å²) in [4.78, 5) is 0. The summed E-state index contributed by atoms with van der Waals surface area (Å²) in [6.45, 7) is 1.04. The van der Waals surface area contributed by atoms with Crippen molar-refractivity contribution in [2.45, 2.75) is 12.8 Å². The van der Waals surface area contributed by atoms with E-state index in [0.29, 0.717) is 48.6 Å². The number of aromatic hydroxyl groups is 2. The van der Waals surface area contributed by atoms with Crippen LogP contribution in [0.1, 0.15) is 11.1 Å². The summed E-state index contributed by atoms with van der Waals surface area (Å²) in [6, 6.07) is 6.14. The van der Waals surface area contributed by atoms with E-state index >= 15 is 0 Å². The molecule has 0 fully saturated rings. The molecule has 6 heteroatoms. The minimum atomic E-state index is -0.0524. The number of anilines is 2. The lowest BCUT2D eigenvalue weighted by molar-refractivity contribution is 0.198. The Hall–Kier alpha value is -2.44. The van der Waals surface area contributed by atoms with E-state index in [1.54, 1.807) is 26.4 Å². The molecule has 0 saturated heterocycles. The maximum atomic E-state index is 10.1. The van der Waals surface area contributed by atoms with E-state index in [1.165, 1.54) is 12.1 Å². The smallest absolute Gasteiger partial charge is 0.127 e. The highest BCUT2D eigenvalue weighted by Crippen LogP contribution is 2.40. The quantitative estimate of drug-likeness (QED) is 0.579. The fraction of sp³-hybridized carbons (Fsp3) is 0.333. The van der Waals surface area contributed by atoms with Crippen molar-refractivity contribution in [3.63, 3.8) is 0 Å². The summed E-state index contributed by atoms with van der Waals surface area (Å²) in [5.41, 5.74) is 16.8. The second-order valence-electron chi connectivity index (χ2n) is 5.57. The number of benzene rings is 2. The Morgan fingerprint density at radius 1 is 0.875 bits per heavy atom. The number of phenolic OH excluding ortho intramolecular Hbond substituents is 2. The van der Waals surface area contributed by atoms with Crippen LogP contribution in [-0.2, 0) is 22.3 Å². The van der Waals surface area contributed by atoms with Gasteiger partial charge in [-0.05, 0) is 42.2 Å². The molecule has 6 N–H and O–H groups in total. The van der Waals surface area contributed by atoms with Crippen LogP contribution in [0.25, 0.3) is 11.1 Å². The van der Waals surface area contributed by atoms with Gasteiger partial charge < -0.3 is 31.2 Å². The third-order valence-corrected chi connectivity index (χ3v) is 4.01. The summed E-state index contributed by atoms with van der Waals surface area (Å²) < 4.78 is 10.3. The maximum Gasteiger partial charge on any atom is 0.127 e. The molecule has 2 aromatic rings. The molecule has 0 bridgehead atoms. The number of hydrogen-bond acceptors (Lipinski definition) is 6. The normalized spacial score (nSPS) is 10.9. The number of ether oxygens (including phenoxy) is 2. The van der Waals surface area contributed by atoms with Crippen LogP contribution in [0.4, 0.5) is 11.4 Å². The maximum absolute atomic E-state index is 10.1. The van der Waals surface area contributed by atoms with Gasteiger partial charge in [-0.2, -0.15) is 0 Å². The lowest BCUT2D eigenvalue weighted by atomic mass is 9.91. The molecule has 0 unspecified atom stereocenters. The molecular weight excluding hydrogens is 308 g/mol. The van der Waals surface area contributed by atoms with Crippen molar-refractivity contribution in [2.75, 3.05) is 38.9 Å². The van der Waals surface area contributed by atoms with E-state index in [4.69, 9.17) is 20.9 Å². The van der Waals surface area contributed by atoms with E-state index in [0.717, 1.165) is 11.1 Å². The summed E-state index contributed by atoms with van der Waals surface area (Å²) in [5.74, 6) is -0.0671. The van der Waals surface area contributed by atoms with Gasteiger partial charge in [-0.15, -0.1) is 0 Å². The Morgan fingerprint density at radius 3 is 2.08 bits per heavy atom. The molecule has 2 rings (SSSR count). The molecule has 130 valence electrons. The first-order valence-electron chi connectivity index (χ1n) is 7.69. The number of nitrogens with two attached hydrogens (primary N) is 2. The molecule has 0 aromatic heterocycles. The summed E-state index contributed by atoms with van der Waals surface area (Å²) in [7, 11) is 3.27. The van der Waals surface area contributed by atoms with Crippen molar-refractivity contribution in [1.82, 2.24) is 0 Å². The van der Waals surface area contributed by atoms with Gasteiger partial charge in [-0.3, -0.25) is 0 Å². The number of hydrogen-bond donors (Lipinski definition) is 4. The van der Waals surface area contributed by atoms with E-state index in [-0.39, 0.29) is 11.5 Å². The molecule has 0 amide bonds. The average molecular weight is 332 g/mol. The number of phenols is 2. The van der Waals surface area contributed by atoms with Crippen molar-refractivity contribution in [1.29, 1.82) is 0 Å². The Labute approximate surface area is 141 Å². The summed E-state index contributed by atoms with van der Waals surface area (Å²) >= 11 is 0. The monoisotopic (exact) mass is 332 g/mol. The van der Waals surface area contributed by atoms with Gasteiger partial charge in [0.2, 0.25) is 0 Å². The number of rotatable bonds is 7. The van der Waals surface area contributed by atoms with Crippen molar-refractivity contribution >= 4 is 11.4 Å². The van der Waals surface area contributed by atoms with Gasteiger partial charge in [0.1, 0.15) is 11.5 Å². The molecule has 0 spiro atoms. The molecule has 6 nitrogen and oxygen atoms in total. The van der Waals surface area contributed by atoms with E-state index in [1.807, 2.05) is 0 Å². The van der Waals surface area contributed by atoms with Crippen LogP contribution in [0, 0.1) is 0 Å². The molecule has 0 heterocycles. The number of nitrogen functional groups attached to an aromatic ring is 2. The highest BCUT2D eigenvalue weighted by Gasteiger charge is 2.17. The zero-order valence-electron chi connectivity index (χ0n) is 14.0. The second-order valence-corrected chi connectivity index (χ2v) is 5.57. The predicted molar refractivity (Wildman–Crippen MR) is 95.2 cm³/mol. The molecular formula is C18H24N2O4. The van der Waals surface area contributed by atoms with E-state index < -0.39 is 0 Å². The molecule has 2 aromatic carbocycles. The van der Waals surface area contributed by atoms with Crippen molar-refractivity contribution < 1.29 is 19.7 Å². The molecule has 0 aliphatic rings. The van der Waals surface area contributed by atoms with Crippen molar-refractivity contribution in [2.24, 2.45) is 0 Å². The third kappa shape index (κ3) is 3.72. The lowest BCUT2D eigenvalue weighted by Gasteiger charge is -2.19. The first-order valence-corrected chi connectivity index (χ1v) is 7.69. The molecule has 0 atom stereocenters. The zero-order chi connectivity index (χ0) is 17.7. The lowest BCUT2D eigenvalue weighted by Crippen LogP contribution is -2.10. The van der Waals surface area contributed by atoms with Crippen LogP contribution in [0.15, 0.2) is 24.3 Å². The van der Waals surface area contributed by atoms with E-state index in [9.17, 15) is 10.2 Å². The Morgan fingerprint density at radius 2 is 1.50 bits per heavy atom. The van der Waals surface area contributed by atoms with Crippen LogP contribution < -0.4 is 11.5 Å². The molecule has 0 saturated carbocycles. The summed E-state index contributed by atoms with van der Waals surface area (Å²) in [5, 5.41) is 19.6. The largest absolute Gasteiger partial charge is 0.508 e. The molecule has 0 radical (unpaired) electrons. The van der Waals surface area contributed by atoms with Gasteiger partial charge in [0.05, 0.1) is 13.2 Å². The van der Waals surface area contributed by atoms with Gasteiger partial charge in [-0.25, -0.2) is 0 Å². The van der Waals surface area contributed by atoms with Crippen LogP contribution in [0.5, 0.6) is 11.5 Å². The minimum Gasteiger partial charge on any atom is -0.508 e. The fourth-order valence-corrected chi connectivity index (χ4v) is 2.78. The van der Waals surface area contributed by atoms with E-state index in [2.05, 4.69) is 0 Å². The fourth-order valence-electron chi connectivity index (χ4n) is 2.78. The molecule has 0 aliphatic carbocycles. The van der Waals surface area contributed by atoms with Crippen LogP contribution in [-0.4, -0.2) is 37.6 Å². The Balaban J connectivity index is 2.59. The van der Waals surface area contributed by atoms with Gasteiger partial charge in [0, 0.05) is 42.8 Å². The first kappa shape index (κ1) is 17.9. The molecule has 24 heavy (non-hydrogen) atoms. The Bertz CT molecular complexity index is 717. The van der Waals surface area contributed by atoms with Crippen molar-refractivity contribution in [3.8, 4) is 22.6 Å². The SMILES string of the molecule is COCCc1c(N)cc(-c2ccc(O)cc2O)c(N)c1CCOC. The van der Waals surface area contributed by atoms with Gasteiger partial charge in [-0.1, -0.05) is 0 Å². The first-order chi connectivity index (χ1) is 11.5. The topological polar surface area (TPSA) is 111 Å². The predicted octanol–water partition coefficient (Wildman–Crippen LogP) is 2.31. The summed E-state index contributed by atoms with van der Waals surface area (Å²) in [6.07, 6.45) is 1.26. The van der Waals surface area contributed by atoms with Crippen LogP contribution in [0.3, 0.4) is 0 Å². The average Bonchev–Trinajstić information content (AvgIpc) is 2.54. The Kier molecular flexibility index (Phi) is 5.89.